The first-order chi connectivity index (χ1) is 16.0. The molecule has 3 aromatic rings. The summed E-state index contributed by atoms with van der Waals surface area (Å²) in [6, 6.07) is 12.1. The Hall–Kier alpha value is -3.13. The summed E-state index contributed by atoms with van der Waals surface area (Å²) in [6.07, 6.45) is 7.25. The van der Waals surface area contributed by atoms with Crippen molar-refractivity contribution in [2.45, 2.75) is 50.2 Å². The molecule has 1 aromatic carbocycles. The minimum absolute atomic E-state index is 0. The highest BCUT2D eigenvalue weighted by Crippen LogP contribution is 2.27. The molecule has 1 aliphatic carbocycles. The first-order valence-corrected chi connectivity index (χ1v) is 12.2. The van der Waals surface area contributed by atoms with Crippen molar-refractivity contribution >= 4 is 40.3 Å². The second kappa shape index (κ2) is 11.8. The summed E-state index contributed by atoms with van der Waals surface area (Å²) >= 11 is 1.53. The maximum absolute atomic E-state index is 12.9. The van der Waals surface area contributed by atoms with Crippen molar-refractivity contribution in [3.63, 3.8) is 0 Å². The highest BCUT2D eigenvalue weighted by molar-refractivity contribution is 7.99. The van der Waals surface area contributed by atoms with Crippen LogP contribution in [0.15, 0.2) is 60.3 Å². The lowest BCUT2D eigenvalue weighted by molar-refractivity contribution is 0.0923. The lowest BCUT2D eigenvalue weighted by Gasteiger charge is -2.30. The van der Waals surface area contributed by atoms with Crippen molar-refractivity contribution in [3.05, 3.63) is 60.8 Å². The minimum atomic E-state index is -0.0560. The van der Waals surface area contributed by atoms with Crippen LogP contribution in [-0.4, -0.2) is 52.8 Å². The SMILES string of the molecule is C.C=CCSc1ncccc1C(=O)NC1CCC(Nc2nc(N(C)C)c3ccccc3n2)CC1. The van der Waals surface area contributed by atoms with Crippen LogP contribution in [0.1, 0.15) is 43.5 Å². The molecule has 8 heteroatoms. The Morgan fingerprint density at radius 3 is 2.59 bits per heavy atom. The molecule has 2 N–H and O–H groups in total. The summed E-state index contributed by atoms with van der Waals surface area (Å²) in [5.74, 6) is 2.23. The van der Waals surface area contributed by atoms with E-state index in [0.717, 1.165) is 53.2 Å². The van der Waals surface area contributed by atoms with Crippen LogP contribution in [0.2, 0.25) is 0 Å². The highest BCUT2D eigenvalue weighted by atomic mass is 32.2. The van der Waals surface area contributed by atoms with E-state index in [1.54, 1.807) is 12.3 Å². The van der Waals surface area contributed by atoms with Gasteiger partial charge < -0.3 is 15.5 Å². The molecule has 1 amide bonds. The van der Waals surface area contributed by atoms with Gasteiger partial charge in [-0.2, -0.15) is 4.98 Å². The predicted molar refractivity (Wildman–Crippen MR) is 143 cm³/mol. The molecule has 2 aromatic heterocycles. The second-order valence-electron chi connectivity index (χ2n) is 8.40. The molecule has 4 rings (SSSR count). The van der Waals surface area contributed by atoms with Crippen LogP contribution in [-0.2, 0) is 0 Å². The van der Waals surface area contributed by atoms with Crippen LogP contribution in [0, 0.1) is 0 Å². The summed E-state index contributed by atoms with van der Waals surface area (Å²) in [7, 11) is 3.99. The maximum atomic E-state index is 12.9. The molecule has 0 bridgehead atoms. The van der Waals surface area contributed by atoms with Gasteiger partial charge in [-0.25, -0.2) is 9.97 Å². The van der Waals surface area contributed by atoms with E-state index < -0.39 is 0 Å². The van der Waals surface area contributed by atoms with Gasteiger partial charge in [-0.05, 0) is 49.9 Å². The fraction of sp³-hybridized carbons (Fsp3) is 0.385. The lowest BCUT2D eigenvalue weighted by Crippen LogP contribution is -2.40. The van der Waals surface area contributed by atoms with E-state index in [0.29, 0.717) is 11.5 Å². The van der Waals surface area contributed by atoms with Crippen LogP contribution in [0.5, 0.6) is 0 Å². The quantitative estimate of drug-likeness (QED) is 0.342. The summed E-state index contributed by atoms with van der Waals surface area (Å²) in [6.45, 7) is 3.74. The third-order valence-corrected chi connectivity index (χ3v) is 6.76. The van der Waals surface area contributed by atoms with Gasteiger partial charge in [0.05, 0.1) is 11.1 Å². The zero-order valence-electron chi connectivity index (χ0n) is 19.1. The molecular formula is C26H34N6OS. The summed E-state index contributed by atoms with van der Waals surface area (Å²) in [5.41, 5.74) is 1.56. The Bertz CT molecular complexity index is 1130. The zero-order chi connectivity index (χ0) is 23.2. The molecule has 2 heterocycles. The fourth-order valence-electron chi connectivity index (χ4n) is 4.11. The molecule has 1 aliphatic rings. The Labute approximate surface area is 206 Å². The van der Waals surface area contributed by atoms with Gasteiger partial charge >= 0.3 is 0 Å². The van der Waals surface area contributed by atoms with Crippen LogP contribution in [0.3, 0.4) is 0 Å². The number of pyridine rings is 1. The number of fused-ring (bicyclic) bond motifs is 1. The lowest BCUT2D eigenvalue weighted by atomic mass is 9.91. The van der Waals surface area contributed by atoms with Crippen molar-refractivity contribution in [1.82, 2.24) is 20.3 Å². The Morgan fingerprint density at radius 2 is 1.85 bits per heavy atom. The van der Waals surface area contributed by atoms with Crippen LogP contribution in [0.4, 0.5) is 11.8 Å². The number of carbonyl (C=O) groups excluding carboxylic acids is 1. The van der Waals surface area contributed by atoms with Gasteiger partial charge in [-0.1, -0.05) is 25.6 Å². The third kappa shape index (κ3) is 6.05. The summed E-state index contributed by atoms with van der Waals surface area (Å²) < 4.78 is 0. The first-order valence-electron chi connectivity index (χ1n) is 11.3. The zero-order valence-corrected chi connectivity index (χ0v) is 19.9. The molecular weight excluding hydrogens is 444 g/mol. The number of anilines is 2. The van der Waals surface area contributed by atoms with E-state index in [1.165, 1.54) is 11.8 Å². The Morgan fingerprint density at radius 1 is 1.12 bits per heavy atom. The van der Waals surface area contributed by atoms with Gasteiger partial charge in [-0.3, -0.25) is 4.79 Å². The third-order valence-electron chi connectivity index (χ3n) is 5.76. The van der Waals surface area contributed by atoms with Gasteiger partial charge in [0, 0.05) is 43.5 Å². The average Bonchev–Trinajstić information content (AvgIpc) is 2.83. The topological polar surface area (TPSA) is 83.0 Å². The standard InChI is InChI=1S/C25H30N6OS.CH4/c1-4-16-33-24-20(9-7-15-26-24)23(32)27-17-11-13-18(14-12-17)28-25-29-21-10-6-5-8-19(21)22(30-25)31(2)3;/h4-10,15,17-18H,1,11-14,16H2,2-3H3,(H,27,32)(H,28,29,30);1H4. The predicted octanol–water partition coefficient (Wildman–Crippen LogP) is 5.16. The van der Waals surface area contributed by atoms with Crippen LogP contribution >= 0.6 is 11.8 Å². The molecule has 0 atom stereocenters. The molecule has 0 radical (unpaired) electrons. The van der Waals surface area contributed by atoms with E-state index in [4.69, 9.17) is 9.97 Å². The highest BCUT2D eigenvalue weighted by Gasteiger charge is 2.24. The van der Waals surface area contributed by atoms with E-state index in [2.05, 4.69) is 22.2 Å². The van der Waals surface area contributed by atoms with Crippen molar-refractivity contribution in [2.75, 3.05) is 30.1 Å². The largest absolute Gasteiger partial charge is 0.362 e. The number of benzene rings is 1. The number of amides is 1. The molecule has 34 heavy (non-hydrogen) atoms. The number of hydrogen-bond acceptors (Lipinski definition) is 7. The van der Waals surface area contributed by atoms with E-state index >= 15 is 0 Å². The number of thioether (sulfide) groups is 1. The number of nitrogens with zero attached hydrogens (tertiary/aromatic N) is 4. The van der Waals surface area contributed by atoms with Crippen LogP contribution in [0.25, 0.3) is 10.9 Å². The molecule has 0 aliphatic heterocycles. The summed E-state index contributed by atoms with van der Waals surface area (Å²) in [4.78, 5) is 28.7. The van der Waals surface area contributed by atoms with Crippen molar-refractivity contribution in [2.24, 2.45) is 0 Å². The van der Waals surface area contributed by atoms with Gasteiger partial charge in [0.1, 0.15) is 10.8 Å². The van der Waals surface area contributed by atoms with Gasteiger partial charge in [-0.15, -0.1) is 18.3 Å². The molecule has 180 valence electrons. The Kier molecular flexibility index (Phi) is 8.87. The van der Waals surface area contributed by atoms with E-state index in [-0.39, 0.29) is 25.4 Å². The van der Waals surface area contributed by atoms with Crippen LogP contribution < -0.4 is 15.5 Å². The molecule has 1 saturated carbocycles. The molecule has 0 spiro atoms. The maximum Gasteiger partial charge on any atom is 0.254 e. The molecule has 0 unspecified atom stereocenters. The van der Waals surface area contributed by atoms with E-state index in [1.807, 2.05) is 55.4 Å². The minimum Gasteiger partial charge on any atom is -0.362 e. The Balaban J connectivity index is 0.00000324. The summed E-state index contributed by atoms with van der Waals surface area (Å²) in [5, 5.41) is 8.51. The monoisotopic (exact) mass is 478 g/mol. The molecule has 0 saturated heterocycles. The van der Waals surface area contributed by atoms with Crippen molar-refractivity contribution < 1.29 is 4.79 Å². The number of rotatable bonds is 8. The smallest absolute Gasteiger partial charge is 0.254 e. The number of para-hydroxylation sites is 1. The number of carbonyl (C=O) groups is 1. The average molecular weight is 479 g/mol. The normalized spacial score (nSPS) is 17.5. The number of hydrogen-bond donors (Lipinski definition) is 2. The van der Waals surface area contributed by atoms with Crippen molar-refractivity contribution in [3.8, 4) is 0 Å². The fourth-order valence-corrected chi connectivity index (χ4v) is 4.84. The number of aromatic nitrogens is 3. The van der Waals surface area contributed by atoms with Crippen molar-refractivity contribution in [1.29, 1.82) is 0 Å². The van der Waals surface area contributed by atoms with Gasteiger partial charge in [0.2, 0.25) is 5.95 Å². The first kappa shape index (κ1) is 25.5. The van der Waals surface area contributed by atoms with Gasteiger partial charge in [0.15, 0.2) is 0 Å². The number of nitrogens with one attached hydrogen (secondary N) is 2. The second-order valence-corrected chi connectivity index (χ2v) is 9.41. The van der Waals surface area contributed by atoms with Gasteiger partial charge in [0.25, 0.3) is 5.91 Å². The van der Waals surface area contributed by atoms with E-state index in [9.17, 15) is 4.79 Å². The molecule has 1 fully saturated rings. The molecule has 7 nitrogen and oxygen atoms in total.